The van der Waals surface area contributed by atoms with Crippen molar-refractivity contribution in [2.75, 3.05) is 0 Å². The monoisotopic (exact) mass is 329 g/mol. The van der Waals surface area contributed by atoms with Gasteiger partial charge in [0.25, 0.3) is 0 Å². The molecule has 3 rings (SSSR count). The van der Waals surface area contributed by atoms with Crippen LogP contribution >= 0.6 is 0 Å². The number of rotatable bonds is 4. The van der Waals surface area contributed by atoms with E-state index in [1.807, 2.05) is 73.7 Å². The molecule has 0 fully saturated rings. The standard InChI is InChI=1S/C22H19NO2/c1-17(21(24)14-13-18-8-7-15-23-16-18)25-22-12-6-5-11-20(22)19-9-3-2-4-10-19/h2-12,15-17,21,24H,1H3/t17-,21?/m0/s1. The van der Waals surface area contributed by atoms with Crippen molar-refractivity contribution in [3.63, 3.8) is 0 Å². The van der Waals surface area contributed by atoms with Crippen LogP contribution in [-0.2, 0) is 0 Å². The number of benzene rings is 2. The summed E-state index contributed by atoms with van der Waals surface area (Å²) < 4.78 is 5.98. The fourth-order valence-corrected chi connectivity index (χ4v) is 2.40. The number of aliphatic hydroxyl groups excluding tert-OH is 1. The third kappa shape index (κ3) is 4.47. The van der Waals surface area contributed by atoms with Crippen LogP contribution in [0.25, 0.3) is 11.1 Å². The summed E-state index contributed by atoms with van der Waals surface area (Å²) in [6.45, 7) is 1.81. The highest BCUT2D eigenvalue weighted by Crippen LogP contribution is 2.30. The van der Waals surface area contributed by atoms with Crippen LogP contribution in [0.4, 0.5) is 0 Å². The van der Waals surface area contributed by atoms with Gasteiger partial charge in [-0.15, -0.1) is 0 Å². The molecule has 124 valence electrons. The van der Waals surface area contributed by atoms with E-state index in [1.165, 1.54) is 0 Å². The molecule has 0 radical (unpaired) electrons. The van der Waals surface area contributed by atoms with Gasteiger partial charge in [0.15, 0.2) is 6.10 Å². The second-order valence-corrected chi connectivity index (χ2v) is 5.64. The number of aromatic nitrogens is 1. The van der Waals surface area contributed by atoms with Gasteiger partial charge < -0.3 is 9.84 Å². The molecule has 0 aliphatic rings. The summed E-state index contributed by atoms with van der Waals surface area (Å²) in [6, 6.07) is 21.5. The zero-order chi connectivity index (χ0) is 17.5. The van der Waals surface area contributed by atoms with Crippen molar-refractivity contribution in [1.29, 1.82) is 0 Å². The maximum atomic E-state index is 10.3. The van der Waals surface area contributed by atoms with Gasteiger partial charge in [-0.2, -0.15) is 0 Å². The van der Waals surface area contributed by atoms with Crippen LogP contribution in [0.3, 0.4) is 0 Å². The number of hydrogen-bond acceptors (Lipinski definition) is 3. The highest BCUT2D eigenvalue weighted by atomic mass is 16.5. The zero-order valence-corrected chi connectivity index (χ0v) is 14.0. The molecule has 25 heavy (non-hydrogen) atoms. The predicted octanol–water partition coefficient (Wildman–Crippen LogP) is 3.93. The molecule has 0 saturated heterocycles. The molecule has 3 aromatic rings. The quantitative estimate of drug-likeness (QED) is 0.738. The number of pyridine rings is 1. The van der Waals surface area contributed by atoms with E-state index < -0.39 is 12.2 Å². The lowest BCUT2D eigenvalue weighted by Crippen LogP contribution is -2.27. The SMILES string of the molecule is C[C@H](Oc1ccccc1-c1ccccc1)C(O)C#Cc1cccnc1. The number of ether oxygens (including phenoxy) is 1. The summed E-state index contributed by atoms with van der Waals surface area (Å²) in [4.78, 5) is 4.01. The summed E-state index contributed by atoms with van der Waals surface area (Å²) >= 11 is 0. The molecule has 3 nitrogen and oxygen atoms in total. The molecule has 1 heterocycles. The smallest absolute Gasteiger partial charge is 0.151 e. The second kappa shape index (κ2) is 8.14. The van der Waals surface area contributed by atoms with E-state index in [9.17, 15) is 5.11 Å². The van der Waals surface area contributed by atoms with Gasteiger partial charge >= 0.3 is 0 Å². The number of hydrogen-bond donors (Lipinski definition) is 1. The van der Waals surface area contributed by atoms with E-state index in [0.29, 0.717) is 0 Å². The Bertz CT molecular complexity index is 867. The lowest BCUT2D eigenvalue weighted by atomic mass is 10.0. The van der Waals surface area contributed by atoms with Crippen LogP contribution in [0.5, 0.6) is 5.75 Å². The molecule has 0 amide bonds. The molecule has 0 saturated carbocycles. The highest BCUT2D eigenvalue weighted by molar-refractivity contribution is 5.70. The summed E-state index contributed by atoms with van der Waals surface area (Å²) in [5.74, 6) is 6.46. The largest absolute Gasteiger partial charge is 0.486 e. The molecule has 1 aromatic heterocycles. The number of nitrogens with zero attached hydrogens (tertiary/aromatic N) is 1. The first-order valence-corrected chi connectivity index (χ1v) is 8.15. The molecule has 3 heteroatoms. The Kier molecular flexibility index (Phi) is 5.46. The van der Waals surface area contributed by atoms with Crippen molar-refractivity contribution >= 4 is 0 Å². The summed E-state index contributed by atoms with van der Waals surface area (Å²) in [6.07, 6.45) is 1.99. The summed E-state index contributed by atoms with van der Waals surface area (Å²) in [5.41, 5.74) is 2.82. The average Bonchev–Trinajstić information content (AvgIpc) is 2.68. The van der Waals surface area contributed by atoms with E-state index >= 15 is 0 Å². The van der Waals surface area contributed by atoms with Gasteiger partial charge in [0.05, 0.1) is 0 Å². The minimum absolute atomic E-state index is 0.464. The lowest BCUT2D eigenvalue weighted by molar-refractivity contribution is 0.0860. The molecular formula is C22H19NO2. The Morgan fingerprint density at radius 3 is 2.48 bits per heavy atom. The Balaban J connectivity index is 1.75. The Labute approximate surface area is 147 Å². The predicted molar refractivity (Wildman–Crippen MR) is 99.1 cm³/mol. The third-order valence-corrected chi connectivity index (χ3v) is 3.76. The molecule has 0 spiro atoms. The maximum Gasteiger partial charge on any atom is 0.151 e. The number of para-hydroxylation sites is 1. The lowest BCUT2D eigenvalue weighted by Gasteiger charge is -2.19. The van der Waals surface area contributed by atoms with Crippen LogP contribution in [0, 0.1) is 11.8 Å². The minimum Gasteiger partial charge on any atom is -0.486 e. The molecule has 0 aliphatic heterocycles. The maximum absolute atomic E-state index is 10.3. The second-order valence-electron chi connectivity index (χ2n) is 5.64. The molecule has 1 unspecified atom stereocenters. The van der Waals surface area contributed by atoms with Crippen molar-refractivity contribution < 1.29 is 9.84 Å². The van der Waals surface area contributed by atoms with Crippen LogP contribution in [0.2, 0.25) is 0 Å². The Hall–Kier alpha value is -3.09. The van der Waals surface area contributed by atoms with Gasteiger partial charge in [0.2, 0.25) is 0 Å². The fraction of sp³-hybridized carbons (Fsp3) is 0.136. The van der Waals surface area contributed by atoms with Crippen LogP contribution < -0.4 is 4.74 Å². The number of aliphatic hydroxyl groups is 1. The van der Waals surface area contributed by atoms with Crippen molar-refractivity contribution in [3.8, 4) is 28.7 Å². The van der Waals surface area contributed by atoms with Crippen LogP contribution in [0.1, 0.15) is 12.5 Å². The first-order valence-electron chi connectivity index (χ1n) is 8.15. The van der Waals surface area contributed by atoms with Gasteiger partial charge in [0.1, 0.15) is 11.9 Å². The van der Waals surface area contributed by atoms with Crippen molar-refractivity contribution in [2.45, 2.75) is 19.1 Å². The highest BCUT2D eigenvalue weighted by Gasteiger charge is 2.15. The van der Waals surface area contributed by atoms with Crippen molar-refractivity contribution in [2.24, 2.45) is 0 Å². The molecule has 2 aromatic carbocycles. The molecular weight excluding hydrogens is 310 g/mol. The van der Waals surface area contributed by atoms with Gasteiger partial charge in [-0.1, -0.05) is 60.4 Å². The van der Waals surface area contributed by atoms with Gasteiger partial charge in [-0.05, 0) is 30.7 Å². The first-order chi connectivity index (χ1) is 12.2. The van der Waals surface area contributed by atoms with Crippen molar-refractivity contribution in [3.05, 3.63) is 84.7 Å². The fourth-order valence-electron chi connectivity index (χ4n) is 2.40. The summed E-state index contributed by atoms with van der Waals surface area (Å²) in [5, 5.41) is 10.3. The van der Waals surface area contributed by atoms with E-state index in [4.69, 9.17) is 4.74 Å². The van der Waals surface area contributed by atoms with Crippen LogP contribution in [-0.4, -0.2) is 22.3 Å². The normalized spacial score (nSPS) is 12.6. The molecule has 1 N–H and O–H groups in total. The zero-order valence-electron chi connectivity index (χ0n) is 14.0. The van der Waals surface area contributed by atoms with E-state index in [2.05, 4.69) is 16.8 Å². The van der Waals surface area contributed by atoms with Crippen molar-refractivity contribution in [1.82, 2.24) is 4.98 Å². The molecule has 0 bridgehead atoms. The van der Waals surface area contributed by atoms with E-state index in [1.54, 1.807) is 12.4 Å². The topological polar surface area (TPSA) is 42.4 Å². The summed E-state index contributed by atoms with van der Waals surface area (Å²) in [7, 11) is 0. The average molecular weight is 329 g/mol. The molecule has 2 atom stereocenters. The van der Waals surface area contributed by atoms with Gasteiger partial charge in [-0.3, -0.25) is 4.98 Å². The van der Waals surface area contributed by atoms with Gasteiger partial charge in [0, 0.05) is 23.5 Å². The van der Waals surface area contributed by atoms with Crippen LogP contribution in [0.15, 0.2) is 79.1 Å². The Morgan fingerprint density at radius 1 is 0.960 bits per heavy atom. The van der Waals surface area contributed by atoms with Gasteiger partial charge in [-0.25, -0.2) is 0 Å². The minimum atomic E-state index is -0.899. The van der Waals surface area contributed by atoms with E-state index in [-0.39, 0.29) is 0 Å². The van der Waals surface area contributed by atoms with E-state index in [0.717, 1.165) is 22.4 Å². The third-order valence-electron chi connectivity index (χ3n) is 3.76. The first kappa shape index (κ1) is 16.8. The Morgan fingerprint density at radius 2 is 1.72 bits per heavy atom. The molecule has 0 aliphatic carbocycles.